The minimum atomic E-state index is -1.13. The van der Waals surface area contributed by atoms with Crippen molar-refractivity contribution in [3.05, 3.63) is 109 Å². The second-order valence-corrected chi connectivity index (χ2v) is 14.7. The summed E-state index contributed by atoms with van der Waals surface area (Å²) < 4.78 is 34.4. The molecule has 12 heteroatoms. The topological polar surface area (TPSA) is 133 Å². The molecule has 0 heterocycles. The number of carbonyl (C=O) groups excluding carboxylic acids is 2. The number of carbonyl (C=O) groups is 3. The molecule has 55 heavy (non-hydrogen) atoms. The molecule has 12 nitrogen and oxygen atoms in total. The number of hydrogen-bond donors (Lipinski definition) is 1. The summed E-state index contributed by atoms with van der Waals surface area (Å²) in [5.74, 6) is 0.881. The number of hydrogen-bond acceptors (Lipinski definition) is 9. The van der Waals surface area contributed by atoms with E-state index < -0.39 is 29.4 Å². The van der Waals surface area contributed by atoms with Crippen LogP contribution in [0.1, 0.15) is 75.9 Å². The Labute approximate surface area is 325 Å². The summed E-state index contributed by atoms with van der Waals surface area (Å²) in [5.41, 5.74) is 0.435. The minimum absolute atomic E-state index is 0.000651. The van der Waals surface area contributed by atoms with Gasteiger partial charge in [-0.3, -0.25) is 0 Å². The average molecular weight is 761 g/mol. The van der Waals surface area contributed by atoms with Crippen LogP contribution >= 0.6 is 0 Å². The highest BCUT2D eigenvalue weighted by atomic mass is 16.6. The molecule has 0 bridgehead atoms. The molecule has 0 spiro atoms. The van der Waals surface area contributed by atoms with E-state index in [1.165, 1.54) is 12.1 Å². The second-order valence-electron chi connectivity index (χ2n) is 14.7. The van der Waals surface area contributed by atoms with Gasteiger partial charge >= 0.3 is 18.2 Å². The number of benzene rings is 3. The fourth-order valence-corrected chi connectivity index (χ4v) is 5.01. The number of ether oxygens (including phenoxy) is 6. The Balaban J connectivity index is 1.61. The van der Waals surface area contributed by atoms with Gasteiger partial charge in [0.05, 0.1) is 18.8 Å². The molecular formula is C43H56N2O10. The average Bonchev–Trinajstić information content (AvgIpc) is 3.11. The van der Waals surface area contributed by atoms with Crippen LogP contribution < -0.4 is 18.9 Å². The summed E-state index contributed by atoms with van der Waals surface area (Å²) in [6.45, 7) is 20.6. The van der Waals surface area contributed by atoms with Crippen molar-refractivity contribution in [2.45, 2.75) is 78.7 Å². The Morgan fingerprint density at radius 3 is 1.31 bits per heavy atom. The van der Waals surface area contributed by atoms with E-state index in [1.54, 1.807) is 28.0 Å². The van der Waals surface area contributed by atoms with Gasteiger partial charge in [0.1, 0.15) is 47.4 Å². The molecule has 0 aliphatic rings. The standard InChI is InChI=1S/C43H56N2O10/c1-9-23-50-35-17-13-32(14-18-35)30-44(40(48)54-42(3,4)5)21-11-25-52-37-27-34(39(46)47)28-38(29-37)53-26-12-22-45(41(49)55-43(6,7)8)31-33-15-19-36(20-16-33)51-24-10-2/h9-10,13-20,27-29H,1-2,11-12,21-26,30-31H2,3-8H3,(H,46,47). The first-order valence-electron chi connectivity index (χ1n) is 18.3. The number of rotatable bonds is 21. The molecule has 0 atom stereocenters. The van der Waals surface area contributed by atoms with Crippen LogP contribution in [0.15, 0.2) is 92.0 Å². The van der Waals surface area contributed by atoms with E-state index in [0.717, 1.165) is 11.1 Å². The quantitative estimate of drug-likeness (QED) is 0.0829. The van der Waals surface area contributed by atoms with Gasteiger partial charge in [-0.2, -0.15) is 0 Å². The summed E-state index contributed by atoms with van der Waals surface area (Å²) in [4.78, 5) is 41.4. The summed E-state index contributed by atoms with van der Waals surface area (Å²) in [6, 6.07) is 19.4. The summed E-state index contributed by atoms with van der Waals surface area (Å²) in [5, 5.41) is 9.78. The van der Waals surface area contributed by atoms with Crippen molar-refractivity contribution in [2.75, 3.05) is 39.5 Å². The van der Waals surface area contributed by atoms with E-state index in [2.05, 4.69) is 13.2 Å². The molecule has 0 radical (unpaired) electrons. The molecule has 1 N–H and O–H groups in total. The number of carboxylic acid groups (broad SMARTS) is 1. The van der Waals surface area contributed by atoms with E-state index in [1.807, 2.05) is 90.1 Å². The lowest BCUT2D eigenvalue weighted by molar-refractivity contribution is 0.0215. The van der Waals surface area contributed by atoms with Crippen molar-refractivity contribution < 1.29 is 47.9 Å². The first-order valence-corrected chi connectivity index (χ1v) is 18.3. The zero-order chi connectivity index (χ0) is 40.4. The van der Waals surface area contributed by atoms with Crippen LogP contribution in [-0.4, -0.2) is 83.8 Å². The van der Waals surface area contributed by atoms with Gasteiger partial charge in [0.2, 0.25) is 0 Å². The van der Waals surface area contributed by atoms with E-state index in [4.69, 9.17) is 28.4 Å². The van der Waals surface area contributed by atoms with E-state index >= 15 is 0 Å². The Hall–Kier alpha value is -5.65. The van der Waals surface area contributed by atoms with Crippen LogP contribution in [0.4, 0.5) is 9.59 Å². The van der Waals surface area contributed by atoms with Gasteiger partial charge in [-0.05, 0) is 102 Å². The van der Waals surface area contributed by atoms with Crippen molar-refractivity contribution in [2.24, 2.45) is 0 Å². The summed E-state index contributed by atoms with van der Waals surface area (Å²) >= 11 is 0. The molecule has 298 valence electrons. The van der Waals surface area contributed by atoms with Gasteiger partial charge in [-0.15, -0.1) is 0 Å². The van der Waals surface area contributed by atoms with Gasteiger partial charge in [-0.1, -0.05) is 49.6 Å². The molecule has 0 fully saturated rings. The zero-order valence-corrected chi connectivity index (χ0v) is 33.0. The van der Waals surface area contributed by atoms with Crippen LogP contribution in [-0.2, 0) is 22.6 Å². The third kappa shape index (κ3) is 16.9. The van der Waals surface area contributed by atoms with Crippen LogP contribution in [0, 0.1) is 0 Å². The van der Waals surface area contributed by atoms with Crippen molar-refractivity contribution in [3.63, 3.8) is 0 Å². The molecule has 0 aliphatic heterocycles. The molecule has 0 aromatic heterocycles. The van der Waals surface area contributed by atoms with Gasteiger partial charge in [0.15, 0.2) is 0 Å². The molecule has 0 saturated heterocycles. The number of aromatic carboxylic acids is 1. The molecule has 3 aromatic carbocycles. The van der Waals surface area contributed by atoms with Gasteiger partial charge in [0, 0.05) is 32.2 Å². The molecule has 0 saturated carbocycles. The van der Waals surface area contributed by atoms with Crippen LogP contribution in [0.3, 0.4) is 0 Å². The summed E-state index contributed by atoms with van der Waals surface area (Å²) in [7, 11) is 0. The highest BCUT2D eigenvalue weighted by molar-refractivity contribution is 5.88. The third-order valence-corrected chi connectivity index (χ3v) is 7.44. The maximum atomic E-state index is 13.1. The van der Waals surface area contributed by atoms with Crippen molar-refractivity contribution in [1.29, 1.82) is 0 Å². The predicted octanol–water partition coefficient (Wildman–Crippen LogP) is 8.93. The van der Waals surface area contributed by atoms with Crippen LogP contribution in [0.2, 0.25) is 0 Å². The normalized spacial score (nSPS) is 11.2. The lowest BCUT2D eigenvalue weighted by Gasteiger charge is -2.27. The Morgan fingerprint density at radius 1 is 0.600 bits per heavy atom. The monoisotopic (exact) mass is 760 g/mol. The molecular weight excluding hydrogens is 704 g/mol. The van der Waals surface area contributed by atoms with Crippen molar-refractivity contribution >= 4 is 18.2 Å². The van der Waals surface area contributed by atoms with Crippen molar-refractivity contribution in [3.8, 4) is 23.0 Å². The Morgan fingerprint density at radius 2 is 0.982 bits per heavy atom. The first-order chi connectivity index (χ1) is 26.0. The van der Waals surface area contributed by atoms with E-state index in [9.17, 15) is 19.5 Å². The molecule has 3 aromatic rings. The van der Waals surface area contributed by atoms with Gasteiger partial charge in [-0.25, -0.2) is 14.4 Å². The molecule has 3 rings (SSSR count). The minimum Gasteiger partial charge on any atom is -0.493 e. The predicted molar refractivity (Wildman–Crippen MR) is 211 cm³/mol. The van der Waals surface area contributed by atoms with Crippen LogP contribution in [0.25, 0.3) is 0 Å². The highest BCUT2D eigenvalue weighted by Crippen LogP contribution is 2.25. The maximum Gasteiger partial charge on any atom is 0.410 e. The van der Waals surface area contributed by atoms with E-state index in [0.29, 0.717) is 75.2 Å². The van der Waals surface area contributed by atoms with Crippen LogP contribution in [0.5, 0.6) is 23.0 Å². The SMILES string of the molecule is C=CCOc1ccc(CN(CCCOc2cc(OCCCN(Cc3ccc(OCC=C)cc3)C(=O)OC(C)(C)C)cc(C(=O)O)c2)C(=O)OC(C)(C)C)cc1. The Kier molecular flexibility index (Phi) is 16.9. The maximum absolute atomic E-state index is 13.1. The zero-order valence-electron chi connectivity index (χ0n) is 33.0. The highest BCUT2D eigenvalue weighted by Gasteiger charge is 2.24. The van der Waals surface area contributed by atoms with E-state index in [-0.39, 0.29) is 18.8 Å². The number of carboxylic acids is 1. The number of nitrogens with zero attached hydrogens (tertiary/aromatic N) is 2. The summed E-state index contributed by atoms with van der Waals surface area (Å²) in [6.07, 6.45) is 3.31. The second kappa shape index (κ2) is 21.3. The third-order valence-electron chi connectivity index (χ3n) is 7.44. The van der Waals surface area contributed by atoms with Gasteiger partial charge in [0.25, 0.3) is 0 Å². The van der Waals surface area contributed by atoms with Crippen molar-refractivity contribution in [1.82, 2.24) is 9.80 Å². The first kappa shape index (κ1) is 43.8. The Bertz CT molecular complexity index is 1580. The number of amides is 2. The molecule has 0 aliphatic carbocycles. The fourth-order valence-electron chi connectivity index (χ4n) is 5.01. The lowest BCUT2D eigenvalue weighted by Crippen LogP contribution is -2.37. The molecule has 2 amide bonds. The largest absolute Gasteiger partial charge is 0.493 e. The fraction of sp³-hybridized carbons (Fsp3) is 0.419. The van der Waals surface area contributed by atoms with Gasteiger partial charge < -0.3 is 43.3 Å². The molecule has 0 unspecified atom stereocenters. The lowest BCUT2D eigenvalue weighted by atomic mass is 10.2. The smallest absolute Gasteiger partial charge is 0.410 e.